The Balaban J connectivity index is 1.79. The van der Waals surface area contributed by atoms with Gasteiger partial charge in [0, 0.05) is 18.7 Å². The van der Waals surface area contributed by atoms with Gasteiger partial charge in [-0.05, 0) is 24.6 Å². The van der Waals surface area contributed by atoms with Crippen LogP contribution in [0.2, 0.25) is 0 Å². The molecule has 1 fully saturated rings. The van der Waals surface area contributed by atoms with Crippen LogP contribution in [0.3, 0.4) is 0 Å². The molecule has 1 unspecified atom stereocenters. The van der Waals surface area contributed by atoms with Gasteiger partial charge in [0.2, 0.25) is 0 Å². The van der Waals surface area contributed by atoms with Crippen LogP contribution in [0.25, 0.3) is 0 Å². The predicted octanol–water partition coefficient (Wildman–Crippen LogP) is 2.86. The van der Waals surface area contributed by atoms with Gasteiger partial charge in [-0.25, -0.2) is 23.0 Å². The number of benzene rings is 1. The van der Waals surface area contributed by atoms with Gasteiger partial charge in [0.05, 0.1) is 19.1 Å². The van der Waals surface area contributed by atoms with Crippen molar-refractivity contribution in [3.63, 3.8) is 0 Å². The van der Waals surface area contributed by atoms with Crippen molar-refractivity contribution in [3.8, 4) is 0 Å². The molecule has 7 heteroatoms. The van der Waals surface area contributed by atoms with Crippen molar-refractivity contribution in [2.75, 3.05) is 13.1 Å². The van der Waals surface area contributed by atoms with E-state index in [1.54, 1.807) is 0 Å². The zero-order chi connectivity index (χ0) is 15.2. The lowest BCUT2D eigenvalue weighted by Crippen LogP contribution is -2.61. The minimum atomic E-state index is -1.38. The number of nitrogens with zero attached hydrogens (tertiary/aromatic N) is 3. The second kappa shape index (κ2) is 4.75. The third-order valence-corrected chi connectivity index (χ3v) is 3.61. The molecular formula is C14H14F3N3O. The minimum absolute atomic E-state index is 0.00207. The number of urea groups is 1. The van der Waals surface area contributed by atoms with Crippen LogP contribution in [0.1, 0.15) is 24.9 Å². The molecular weight excluding hydrogens is 283 g/mol. The number of hydrogen-bond donors (Lipinski definition) is 0. The maximum Gasteiger partial charge on any atom is 0.341 e. The van der Waals surface area contributed by atoms with Crippen LogP contribution in [0.15, 0.2) is 23.3 Å². The van der Waals surface area contributed by atoms with E-state index in [9.17, 15) is 18.0 Å². The SMILES string of the molecule is CC1(F)CN(C(=O)N2N=CCC2c2cc(F)cc(F)c2)C1. The normalized spacial score (nSPS) is 23.3. The highest BCUT2D eigenvalue weighted by Gasteiger charge is 2.45. The fraction of sp³-hybridized carbons (Fsp3) is 0.429. The molecule has 1 saturated heterocycles. The quantitative estimate of drug-likeness (QED) is 0.785. The Bertz CT molecular complexity index is 589. The average molecular weight is 297 g/mol. The highest BCUT2D eigenvalue weighted by Crippen LogP contribution is 2.33. The minimum Gasteiger partial charge on any atom is -0.317 e. The molecule has 3 rings (SSSR count). The number of hydrogen-bond acceptors (Lipinski definition) is 2. The van der Waals surface area contributed by atoms with E-state index in [1.807, 2.05) is 0 Å². The molecule has 0 radical (unpaired) electrons. The highest BCUT2D eigenvalue weighted by atomic mass is 19.1. The fourth-order valence-electron chi connectivity index (χ4n) is 2.67. The Morgan fingerprint density at radius 1 is 1.29 bits per heavy atom. The zero-order valence-corrected chi connectivity index (χ0v) is 11.4. The molecule has 0 bridgehead atoms. The number of hydrazone groups is 1. The van der Waals surface area contributed by atoms with Crippen molar-refractivity contribution in [2.24, 2.45) is 5.10 Å². The van der Waals surface area contributed by atoms with E-state index in [0.717, 1.165) is 11.1 Å². The first kappa shape index (κ1) is 13.9. The third-order valence-electron chi connectivity index (χ3n) is 3.61. The lowest BCUT2D eigenvalue weighted by Gasteiger charge is -2.43. The maximum absolute atomic E-state index is 13.5. The van der Waals surface area contributed by atoms with Gasteiger partial charge in [-0.1, -0.05) is 0 Å². The molecule has 2 heterocycles. The van der Waals surface area contributed by atoms with E-state index in [1.165, 1.54) is 30.2 Å². The van der Waals surface area contributed by atoms with Crippen molar-refractivity contribution in [1.29, 1.82) is 0 Å². The Morgan fingerprint density at radius 2 is 1.90 bits per heavy atom. The van der Waals surface area contributed by atoms with E-state index in [2.05, 4.69) is 5.10 Å². The fourth-order valence-corrected chi connectivity index (χ4v) is 2.67. The number of rotatable bonds is 1. The summed E-state index contributed by atoms with van der Waals surface area (Å²) in [6.07, 6.45) is 1.88. The number of likely N-dealkylation sites (tertiary alicyclic amines) is 1. The van der Waals surface area contributed by atoms with Crippen LogP contribution in [0.4, 0.5) is 18.0 Å². The first-order valence-corrected chi connectivity index (χ1v) is 6.61. The summed E-state index contributed by atoms with van der Waals surface area (Å²) in [5, 5.41) is 5.11. The summed E-state index contributed by atoms with van der Waals surface area (Å²) in [4.78, 5) is 13.6. The van der Waals surface area contributed by atoms with Gasteiger partial charge < -0.3 is 4.90 Å². The topological polar surface area (TPSA) is 35.9 Å². The van der Waals surface area contributed by atoms with Crippen molar-refractivity contribution >= 4 is 12.2 Å². The average Bonchev–Trinajstić information content (AvgIpc) is 2.82. The van der Waals surface area contributed by atoms with Gasteiger partial charge in [-0.3, -0.25) is 0 Å². The van der Waals surface area contributed by atoms with Gasteiger partial charge in [-0.2, -0.15) is 5.10 Å². The molecule has 0 aliphatic carbocycles. The summed E-state index contributed by atoms with van der Waals surface area (Å²) in [6.45, 7) is 1.42. The molecule has 2 aliphatic heterocycles. The van der Waals surface area contributed by atoms with Crippen LogP contribution in [-0.2, 0) is 0 Å². The van der Waals surface area contributed by atoms with E-state index in [0.29, 0.717) is 12.0 Å². The molecule has 0 aromatic heterocycles. The van der Waals surface area contributed by atoms with Crippen molar-refractivity contribution in [1.82, 2.24) is 9.91 Å². The molecule has 2 aliphatic rings. The molecule has 0 spiro atoms. The van der Waals surface area contributed by atoms with Crippen molar-refractivity contribution < 1.29 is 18.0 Å². The number of alkyl halides is 1. The van der Waals surface area contributed by atoms with Crippen LogP contribution in [-0.4, -0.2) is 40.9 Å². The second-order valence-corrected chi connectivity index (χ2v) is 5.65. The molecule has 112 valence electrons. The van der Waals surface area contributed by atoms with E-state index < -0.39 is 29.4 Å². The summed E-state index contributed by atoms with van der Waals surface area (Å²) in [5.74, 6) is -1.41. The van der Waals surface area contributed by atoms with Gasteiger partial charge >= 0.3 is 6.03 Å². The van der Waals surface area contributed by atoms with E-state index >= 15 is 0 Å². The molecule has 0 N–H and O–H groups in total. The first-order valence-electron chi connectivity index (χ1n) is 6.61. The van der Waals surface area contributed by atoms with Crippen molar-refractivity contribution in [2.45, 2.75) is 25.1 Å². The highest BCUT2D eigenvalue weighted by molar-refractivity contribution is 5.79. The Labute approximate surface area is 119 Å². The standard InChI is InChI=1S/C14H14F3N3O/c1-14(17)7-19(8-14)13(21)20-12(2-3-18-20)9-4-10(15)6-11(16)5-9/h3-6,12H,2,7-8H2,1H3. The molecule has 0 saturated carbocycles. The monoisotopic (exact) mass is 297 g/mol. The number of carbonyl (C=O) groups excluding carboxylic acids is 1. The second-order valence-electron chi connectivity index (χ2n) is 5.65. The third kappa shape index (κ3) is 2.59. The number of amides is 2. The van der Waals surface area contributed by atoms with Crippen LogP contribution >= 0.6 is 0 Å². The first-order chi connectivity index (χ1) is 9.85. The Hall–Kier alpha value is -2.05. The maximum atomic E-state index is 13.5. The van der Waals surface area contributed by atoms with Gasteiger partial charge in [0.1, 0.15) is 17.3 Å². The Morgan fingerprint density at radius 3 is 2.48 bits per heavy atom. The summed E-state index contributed by atoms with van der Waals surface area (Å²) < 4.78 is 40.1. The predicted molar refractivity (Wildman–Crippen MR) is 70.5 cm³/mol. The molecule has 21 heavy (non-hydrogen) atoms. The van der Waals surface area contributed by atoms with Crippen molar-refractivity contribution in [3.05, 3.63) is 35.4 Å². The van der Waals surface area contributed by atoms with Gasteiger partial charge in [0.15, 0.2) is 0 Å². The summed E-state index contributed by atoms with van der Waals surface area (Å²) >= 11 is 0. The van der Waals surface area contributed by atoms with Crippen LogP contribution < -0.4 is 0 Å². The van der Waals surface area contributed by atoms with Crippen LogP contribution in [0, 0.1) is 11.6 Å². The number of carbonyl (C=O) groups is 1. The largest absolute Gasteiger partial charge is 0.341 e. The van der Waals surface area contributed by atoms with Gasteiger partial charge in [-0.15, -0.1) is 0 Å². The molecule has 1 aromatic carbocycles. The zero-order valence-electron chi connectivity index (χ0n) is 11.4. The summed E-state index contributed by atoms with van der Waals surface area (Å²) in [5.41, 5.74) is -1.04. The molecule has 2 amide bonds. The Kier molecular flexibility index (Phi) is 3.15. The molecule has 4 nitrogen and oxygen atoms in total. The summed E-state index contributed by atoms with van der Waals surface area (Å²) in [6, 6.07) is 2.12. The molecule has 1 aromatic rings. The van der Waals surface area contributed by atoms with Gasteiger partial charge in [0.25, 0.3) is 0 Å². The van der Waals surface area contributed by atoms with E-state index in [4.69, 9.17) is 0 Å². The van der Waals surface area contributed by atoms with E-state index in [-0.39, 0.29) is 13.1 Å². The smallest absolute Gasteiger partial charge is 0.317 e. The van der Waals surface area contributed by atoms with Crippen LogP contribution in [0.5, 0.6) is 0 Å². The lowest BCUT2D eigenvalue weighted by atomic mass is 9.99. The lowest BCUT2D eigenvalue weighted by molar-refractivity contribution is -0.00364. The number of halogens is 3. The summed E-state index contributed by atoms with van der Waals surface area (Å²) in [7, 11) is 0. The molecule has 1 atom stereocenters.